The molecule has 5 nitrogen and oxygen atoms in total. The van der Waals surface area contributed by atoms with Crippen molar-refractivity contribution in [2.24, 2.45) is 0 Å². The van der Waals surface area contributed by atoms with E-state index in [1.165, 1.54) is 42.6 Å². The molecule has 0 bridgehead atoms. The molecule has 2 N–H and O–H groups in total. The van der Waals surface area contributed by atoms with Crippen LogP contribution in [0.2, 0.25) is 5.02 Å². The lowest BCUT2D eigenvalue weighted by Gasteiger charge is -2.33. The first-order valence-electron chi connectivity index (χ1n) is 9.01. The van der Waals surface area contributed by atoms with Crippen molar-refractivity contribution in [1.29, 1.82) is 0 Å². The number of amides is 2. The summed E-state index contributed by atoms with van der Waals surface area (Å²) in [5.74, 6) is 0.547. The van der Waals surface area contributed by atoms with Crippen LogP contribution in [-0.4, -0.2) is 27.2 Å². The molecule has 0 radical (unpaired) electrons. The van der Waals surface area contributed by atoms with Gasteiger partial charge in [0.1, 0.15) is 0 Å². The first-order chi connectivity index (χ1) is 12.1. The highest BCUT2D eigenvalue weighted by Crippen LogP contribution is 2.37. The van der Waals surface area contributed by atoms with Crippen LogP contribution in [0.4, 0.5) is 10.5 Å². The number of rotatable bonds is 2. The predicted molar refractivity (Wildman–Crippen MR) is 99.0 cm³/mol. The highest BCUT2D eigenvalue weighted by Gasteiger charge is 2.33. The van der Waals surface area contributed by atoms with Crippen molar-refractivity contribution in [3.63, 3.8) is 0 Å². The average molecular weight is 359 g/mol. The van der Waals surface area contributed by atoms with Crippen molar-refractivity contribution in [3.05, 3.63) is 46.2 Å². The maximum absolute atomic E-state index is 12.8. The summed E-state index contributed by atoms with van der Waals surface area (Å²) in [6.07, 6.45) is 5.80. The number of benzene rings is 1. The number of nitrogens with one attached hydrogen (secondary N) is 2. The zero-order chi connectivity index (χ0) is 17.4. The maximum Gasteiger partial charge on any atom is 0.322 e. The number of carbonyl (C=O) groups is 1. The Morgan fingerprint density at radius 1 is 1.36 bits per heavy atom. The number of urea groups is 1. The lowest BCUT2D eigenvalue weighted by atomic mass is 9.94. The second-order valence-electron chi connectivity index (χ2n) is 7.17. The summed E-state index contributed by atoms with van der Waals surface area (Å²) in [5, 5.41) is 11.4. The lowest BCUT2D eigenvalue weighted by molar-refractivity contribution is 0.181. The molecule has 1 atom stereocenters. The van der Waals surface area contributed by atoms with Gasteiger partial charge in [-0.15, -0.1) is 0 Å². The number of nitrogens with zero attached hydrogens (tertiary/aromatic N) is 2. The minimum absolute atomic E-state index is 0.0843. The molecule has 4 rings (SSSR count). The molecule has 1 unspecified atom stereocenters. The molecule has 1 aliphatic heterocycles. The van der Waals surface area contributed by atoms with Crippen LogP contribution in [0.5, 0.6) is 0 Å². The van der Waals surface area contributed by atoms with Gasteiger partial charge in [0.15, 0.2) is 0 Å². The van der Waals surface area contributed by atoms with E-state index in [4.69, 9.17) is 11.6 Å². The summed E-state index contributed by atoms with van der Waals surface area (Å²) in [4.78, 5) is 14.7. The fourth-order valence-corrected chi connectivity index (χ4v) is 4.26. The van der Waals surface area contributed by atoms with Gasteiger partial charge in [0.2, 0.25) is 0 Å². The normalized spacial score (nSPS) is 20.6. The standard InChI is InChI=1S/C19H23ClN4O/c1-12-9-17-16(18(23-22-17)13-5-2-3-6-13)11-24(12)19(25)21-15-8-4-7-14(20)10-15/h4,7-8,10,12-13H,2-3,5-6,9,11H2,1H3,(H,21,25)(H,22,23). The molecule has 132 valence electrons. The summed E-state index contributed by atoms with van der Waals surface area (Å²) < 4.78 is 0. The molecule has 2 aliphatic rings. The minimum atomic E-state index is -0.0843. The Morgan fingerprint density at radius 3 is 2.92 bits per heavy atom. The topological polar surface area (TPSA) is 61.0 Å². The van der Waals surface area contributed by atoms with Crippen molar-refractivity contribution in [3.8, 4) is 0 Å². The number of halogens is 1. The van der Waals surface area contributed by atoms with Crippen LogP contribution in [0.15, 0.2) is 24.3 Å². The maximum atomic E-state index is 12.8. The first kappa shape index (κ1) is 16.5. The third-order valence-electron chi connectivity index (χ3n) is 5.42. The molecule has 2 amide bonds. The van der Waals surface area contributed by atoms with E-state index in [1.807, 2.05) is 17.0 Å². The number of carbonyl (C=O) groups excluding carboxylic acids is 1. The van der Waals surface area contributed by atoms with Gasteiger partial charge in [0, 0.05) is 40.3 Å². The molecule has 6 heteroatoms. The van der Waals surface area contributed by atoms with Crippen LogP contribution >= 0.6 is 11.6 Å². The van der Waals surface area contributed by atoms with E-state index < -0.39 is 0 Å². The third-order valence-corrected chi connectivity index (χ3v) is 5.66. The molecule has 2 aromatic rings. The van der Waals surface area contributed by atoms with E-state index in [1.54, 1.807) is 12.1 Å². The molecule has 2 heterocycles. The van der Waals surface area contributed by atoms with E-state index in [0.29, 0.717) is 17.5 Å². The molecule has 0 saturated heterocycles. The summed E-state index contributed by atoms with van der Waals surface area (Å²) in [5.41, 5.74) is 4.33. The zero-order valence-electron chi connectivity index (χ0n) is 14.4. The summed E-state index contributed by atoms with van der Waals surface area (Å²) in [6.45, 7) is 2.70. The van der Waals surface area contributed by atoms with Gasteiger partial charge in [-0.3, -0.25) is 5.10 Å². The van der Waals surface area contributed by atoms with Gasteiger partial charge < -0.3 is 10.2 Å². The quantitative estimate of drug-likeness (QED) is 0.817. The molecule has 25 heavy (non-hydrogen) atoms. The van der Waals surface area contributed by atoms with Gasteiger partial charge >= 0.3 is 6.03 Å². The van der Waals surface area contributed by atoms with Crippen LogP contribution in [0, 0.1) is 0 Å². The van der Waals surface area contributed by atoms with E-state index in [2.05, 4.69) is 22.4 Å². The van der Waals surface area contributed by atoms with Gasteiger partial charge in [-0.05, 0) is 38.0 Å². The number of hydrogen-bond donors (Lipinski definition) is 2. The van der Waals surface area contributed by atoms with Crippen molar-refractivity contribution < 1.29 is 4.79 Å². The van der Waals surface area contributed by atoms with Crippen LogP contribution in [-0.2, 0) is 13.0 Å². The van der Waals surface area contributed by atoms with Crippen molar-refractivity contribution in [1.82, 2.24) is 15.1 Å². The Hall–Kier alpha value is -2.01. The van der Waals surface area contributed by atoms with Gasteiger partial charge in [-0.1, -0.05) is 30.5 Å². The fourth-order valence-electron chi connectivity index (χ4n) is 4.06. The van der Waals surface area contributed by atoms with Crippen molar-refractivity contribution in [2.45, 2.75) is 57.5 Å². The molecule has 1 fully saturated rings. The van der Waals surface area contributed by atoms with Crippen LogP contribution in [0.3, 0.4) is 0 Å². The number of H-pyrrole nitrogens is 1. The number of fused-ring (bicyclic) bond motifs is 1. The second kappa shape index (κ2) is 6.71. The Kier molecular flexibility index (Phi) is 4.42. The predicted octanol–water partition coefficient (Wildman–Crippen LogP) is 4.70. The Morgan fingerprint density at radius 2 is 2.16 bits per heavy atom. The highest BCUT2D eigenvalue weighted by atomic mass is 35.5. The van der Waals surface area contributed by atoms with Gasteiger partial charge in [-0.25, -0.2) is 4.79 Å². The van der Waals surface area contributed by atoms with Gasteiger partial charge in [0.05, 0.1) is 12.2 Å². The molecule has 1 aliphatic carbocycles. The molecular weight excluding hydrogens is 336 g/mol. The summed E-state index contributed by atoms with van der Waals surface area (Å²) in [6, 6.07) is 7.30. The van der Waals surface area contributed by atoms with E-state index in [0.717, 1.165) is 12.1 Å². The SMILES string of the molecule is CC1Cc2[nH]nc(C3CCCC3)c2CN1C(=O)Nc1cccc(Cl)c1. The largest absolute Gasteiger partial charge is 0.322 e. The van der Waals surface area contributed by atoms with Crippen LogP contribution in [0.1, 0.15) is 55.5 Å². The van der Waals surface area contributed by atoms with Crippen molar-refractivity contribution >= 4 is 23.3 Å². The highest BCUT2D eigenvalue weighted by molar-refractivity contribution is 6.30. The molecule has 1 aromatic carbocycles. The minimum Gasteiger partial charge on any atom is -0.317 e. The zero-order valence-corrected chi connectivity index (χ0v) is 15.1. The van der Waals surface area contributed by atoms with Gasteiger partial charge in [0.25, 0.3) is 0 Å². The van der Waals surface area contributed by atoms with Gasteiger partial charge in [-0.2, -0.15) is 5.10 Å². The Balaban J connectivity index is 1.53. The molecule has 1 saturated carbocycles. The van der Waals surface area contributed by atoms with E-state index in [-0.39, 0.29) is 12.1 Å². The lowest BCUT2D eigenvalue weighted by Crippen LogP contribution is -2.44. The van der Waals surface area contributed by atoms with Crippen LogP contribution < -0.4 is 5.32 Å². The summed E-state index contributed by atoms with van der Waals surface area (Å²) >= 11 is 6.01. The van der Waals surface area contributed by atoms with E-state index >= 15 is 0 Å². The monoisotopic (exact) mass is 358 g/mol. The number of hydrogen-bond acceptors (Lipinski definition) is 2. The van der Waals surface area contributed by atoms with E-state index in [9.17, 15) is 4.79 Å². The number of anilines is 1. The molecular formula is C19H23ClN4O. The second-order valence-corrected chi connectivity index (χ2v) is 7.61. The molecule has 1 aromatic heterocycles. The number of aromatic amines is 1. The van der Waals surface area contributed by atoms with Crippen molar-refractivity contribution in [2.75, 3.05) is 5.32 Å². The number of aromatic nitrogens is 2. The van der Waals surface area contributed by atoms with Crippen LogP contribution in [0.25, 0.3) is 0 Å². The average Bonchev–Trinajstić information content (AvgIpc) is 3.22. The third kappa shape index (κ3) is 3.25. The first-order valence-corrected chi connectivity index (χ1v) is 9.39. The Labute approximate surface area is 152 Å². The Bertz CT molecular complexity index is 781. The summed E-state index contributed by atoms with van der Waals surface area (Å²) in [7, 11) is 0. The fraction of sp³-hybridized carbons (Fsp3) is 0.474. The smallest absolute Gasteiger partial charge is 0.317 e. The molecule has 0 spiro atoms.